The van der Waals surface area contributed by atoms with Crippen molar-refractivity contribution in [1.82, 2.24) is 9.80 Å². The molecule has 3 aliphatic rings. The van der Waals surface area contributed by atoms with Crippen molar-refractivity contribution in [3.63, 3.8) is 0 Å². The maximum atomic E-state index is 12.7. The van der Waals surface area contributed by atoms with Crippen LogP contribution >= 0.6 is 0 Å². The smallest absolute Gasteiger partial charge is 0.253 e. The van der Waals surface area contributed by atoms with Gasteiger partial charge in [0, 0.05) is 38.7 Å². The fourth-order valence-electron chi connectivity index (χ4n) is 3.86. The number of carbonyl (C=O) groups excluding carboxylic acids is 2. The van der Waals surface area contributed by atoms with Gasteiger partial charge in [0.15, 0.2) is 0 Å². The van der Waals surface area contributed by atoms with Crippen LogP contribution in [0.4, 0.5) is 0 Å². The number of likely N-dealkylation sites (tertiary alicyclic amines) is 2. The molecule has 0 spiro atoms. The van der Waals surface area contributed by atoms with Crippen molar-refractivity contribution in [2.45, 2.75) is 12.8 Å². The summed E-state index contributed by atoms with van der Waals surface area (Å²) in [4.78, 5) is 28.6. The first-order valence-corrected chi connectivity index (χ1v) is 7.93. The number of benzene rings is 1. The Kier molecular flexibility index (Phi) is 3.10. The van der Waals surface area contributed by atoms with Crippen molar-refractivity contribution in [2.75, 3.05) is 33.3 Å². The molecule has 1 aromatic carbocycles. The van der Waals surface area contributed by atoms with Crippen molar-refractivity contribution >= 4 is 11.8 Å². The molecular weight excluding hydrogens is 280 g/mol. The number of piperidine rings is 1. The summed E-state index contributed by atoms with van der Waals surface area (Å²) >= 11 is 0. The van der Waals surface area contributed by atoms with Gasteiger partial charge in [-0.3, -0.25) is 9.59 Å². The Hall–Kier alpha value is -2.04. The summed E-state index contributed by atoms with van der Waals surface area (Å²) in [5.74, 6) is 1.43. The molecule has 0 aliphatic carbocycles. The Morgan fingerprint density at radius 1 is 1.32 bits per heavy atom. The van der Waals surface area contributed by atoms with E-state index in [9.17, 15) is 9.59 Å². The summed E-state index contributed by atoms with van der Waals surface area (Å²) in [6, 6.07) is 5.67. The van der Waals surface area contributed by atoms with Crippen molar-refractivity contribution in [3.8, 4) is 5.75 Å². The molecule has 2 amide bonds. The molecule has 2 saturated heterocycles. The first-order chi connectivity index (χ1) is 10.6. The molecule has 3 aliphatic heterocycles. The minimum atomic E-state index is -0.0135. The zero-order chi connectivity index (χ0) is 15.3. The monoisotopic (exact) mass is 300 g/mol. The number of ether oxygens (including phenoxy) is 1. The van der Waals surface area contributed by atoms with Gasteiger partial charge in [0.25, 0.3) is 5.91 Å². The molecule has 5 heteroatoms. The Morgan fingerprint density at radius 2 is 2.18 bits per heavy atom. The van der Waals surface area contributed by atoms with Crippen LogP contribution in [0.2, 0.25) is 0 Å². The Balaban J connectivity index is 1.53. The molecule has 1 aromatic rings. The Labute approximate surface area is 129 Å². The third kappa shape index (κ3) is 2.07. The van der Waals surface area contributed by atoms with Gasteiger partial charge in [-0.05, 0) is 36.1 Å². The first kappa shape index (κ1) is 13.6. The summed E-state index contributed by atoms with van der Waals surface area (Å²) in [6.45, 7) is 2.76. The lowest BCUT2D eigenvalue weighted by Gasteiger charge is -2.30. The topological polar surface area (TPSA) is 49.9 Å². The fraction of sp³-hybridized carbons (Fsp3) is 0.529. The molecule has 0 unspecified atom stereocenters. The van der Waals surface area contributed by atoms with Gasteiger partial charge in [0.05, 0.1) is 12.5 Å². The van der Waals surface area contributed by atoms with Gasteiger partial charge >= 0.3 is 0 Å². The van der Waals surface area contributed by atoms with E-state index in [1.165, 1.54) is 0 Å². The fourth-order valence-corrected chi connectivity index (χ4v) is 3.86. The maximum Gasteiger partial charge on any atom is 0.253 e. The van der Waals surface area contributed by atoms with Crippen LogP contribution in [0.15, 0.2) is 18.2 Å². The largest absolute Gasteiger partial charge is 0.493 e. The third-order valence-corrected chi connectivity index (χ3v) is 5.19. The highest BCUT2D eigenvalue weighted by molar-refractivity contribution is 5.95. The summed E-state index contributed by atoms with van der Waals surface area (Å²) in [7, 11) is 1.85. The molecule has 0 radical (unpaired) electrons. The predicted molar refractivity (Wildman–Crippen MR) is 80.8 cm³/mol. The van der Waals surface area contributed by atoms with Gasteiger partial charge in [0.2, 0.25) is 5.91 Å². The van der Waals surface area contributed by atoms with Crippen LogP contribution in [-0.2, 0) is 11.2 Å². The molecule has 22 heavy (non-hydrogen) atoms. The molecule has 2 fully saturated rings. The van der Waals surface area contributed by atoms with E-state index < -0.39 is 0 Å². The van der Waals surface area contributed by atoms with Crippen LogP contribution in [0, 0.1) is 11.8 Å². The first-order valence-electron chi connectivity index (χ1n) is 7.93. The van der Waals surface area contributed by atoms with Crippen LogP contribution in [0.3, 0.4) is 0 Å². The average Bonchev–Trinajstić information content (AvgIpc) is 3.16. The molecule has 5 nitrogen and oxygen atoms in total. The van der Waals surface area contributed by atoms with Crippen LogP contribution < -0.4 is 4.74 Å². The Bertz CT molecular complexity index is 643. The van der Waals surface area contributed by atoms with Crippen LogP contribution in [-0.4, -0.2) is 54.9 Å². The number of fused-ring (bicyclic) bond motifs is 2. The SMILES string of the molecule is CN1CC[C@@H]2CN(C(=O)c3ccc4c(c3)CCO4)C[C@@H]2C1=O. The quantitative estimate of drug-likeness (QED) is 0.782. The summed E-state index contributed by atoms with van der Waals surface area (Å²) < 4.78 is 5.49. The van der Waals surface area contributed by atoms with Gasteiger partial charge in [-0.1, -0.05) is 0 Å². The van der Waals surface area contributed by atoms with E-state index in [-0.39, 0.29) is 17.7 Å². The van der Waals surface area contributed by atoms with Crippen molar-refractivity contribution in [2.24, 2.45) is 11.8 Å². The maximum absolute atomic E-state index is 12.7. The van der Waals surface area contributed by atoms with E-state index in [0.29, 0.717) is 31.2 Å². The lowest BCUT2D eigenvalue weighted by Crippen LogP contribution is -2.42. The zero-order valence-electron chi connectivity index (χ0n) is 12.7. The van der Waals surface area contributed by atoms with Gasteiger partial charge in [-0.2, -0.15) is 0 Å². The predicted octanol–water partition coefficient (Wildman–Crippen LogP) is 1.17. The second-order valence-electron chi connectivity index (χ2n) is 6.55. The molecule has 4 rings (SSSR count). The number of rotatable bonds is 1. The summed E-state index contributed by atoms with van der Waals surface area (Å²) in [5, 5.41) is 0. The number of carbonyl (C=O) groups is 2. The molecular formula is C17H20N2O3. The highest BCUT2D eigenvalue weighted by Crippen LogP contribution is 2.33. The second-order valence-corrected chi connectivity index (χ2v) is 6.55. The minimum absolute atomic E-state index is 0.0135. The zero-order valence-corrected chi connectivity index (χ0v) is 12.7. The summed E-state index contributed by atoms with van der Waals surface area (Å²) in [5.41, 5.74) is 1.82. The minimum Gasteiger partial charge on any atom is -0.493 e. The van der Waals surface area contributed by atoms with E-state index >= 15 is 0 Å². The van der Waals surface area contributed by atoms with Gasteiger partial charge in [-0.15, -0.1) is 0 Å². The standard InChI is InChI=1S/C17H20N2O3/c1-18-6-4-13-9-19(10-14(13)17(18)21)16(20)12-2-3-15-11(8-12)5-7-22-15/h2-3,8,13-14H,4-7,9-10H2,1H3/t13-,14+/m1/s1. The molecule has 0 N–H and O–H groups in total. The van der Waals surface area contributed by atoms with E-state index in [2.05, 4.69) is 0 Å². The number of hydrogen-bond donors (Lipinski definition) is 0. The van der Waals surface area contributed by atoms with Crippen LogP contribution in [0.25, 0.3) is 0 Å². The normalized spacial score (nSPS) is 26.7. The van der Waals surface area contributed by atoms with Gasteiger partial charge < -0.3 is 14.5 Å². The number of amides is 2. The highest BCUT2D eigenvalue weighted by Gasteiger charge is 2.43. The molecule has 0 bridgehead atoms. The van der Waals surface area contributed by atoms with E-state index in [4.69, 9.17) is 4.74 Å². The van der Waals surface area contributed by atoms with Gasteiger partial charge in [-0.25, -0.2) is 0 Å². The molecule has 0 saturated carbocycles. The van der Waals surface area contributed by atoms with Gasteiger partial charge in [0.1, 0.15) is 5.75 Å². The average molecular weight is 300 g/mol. The molecule has 116 valence electrons. The van der Waals surface area contributed by atoms with Crippen LogP contribution in [0.1, 0.15) is 22.3 Å². The molecule has 0 aromatic heterocycles. The van der Waals surface area contributed by atoms with E-state index in [1.54, 1.807) is 4.90 Å². The van der Waals surface area contributed by atoms with Crippen molar-refractivity contribution < 1.29 is 14.3 Å². The lowest BCUT2D eigenvalue weighted by molar-refractivity contribution is -0.137. The molecule has 3 heterocycles. The number of nitrogens with zero attached hydrogens (tertiary/aromatic N) is 2. The van der Waals surface area contributed by atoms with E-state index in [0.717, 1.165) is 30.7 Å². The lowest BCUT2D eigenvalue weighted by atomic mass is 9.88. The van der Waals surface area contributed by atoms with E-state index in [1.807, 2.05) is 30.1 Å². The van der Waals surface area contributed by atoms with Crippen molar-refractivity contribution in [3.05, 3.63) is 29.3 Å². The highest BCUT2D eigenvalue weighted by atomic mass is 16.5. The van der Waals surface area contributed by atoms with Crippen molar-refractivity contribution in [1.29, 1.82) is 0 Å². The Morgan fingerprint density at radius 3 is 3.05 bits per heavy atom. The summed E-state index contributed by atoms with van der Waals surface area (Å²) in [6.07, 6.45) is 1.86. The molecule has 2 atom stereocenters. The third-order valence-electron chi connectivity index (χ3n) is 5.19. The second kappa shape index (κ2) is 5.00. The number of hydrogen-bond acceptors (Lipinski definition) is 3. The van der Waals surface area contributed by atoms with Crippen LogP contribution in [0.5, 0.6) is 5.75 Å².